The Hall–Kier alpha value is -0.790. The summed E-state index contributed by atoms with van der Waals surface area (Å²) in [7, 11) is 0. The number of benzene rings is 2. The normalized spacial score (nSPS) is 9.00. The lowest BCUT2D eigenvalue weighted by molar-refractivity contribution is -0.113. The molecular weight excluding hydrogens is 518 g/mol. The van der Waals surface area contributed by atoms with E-state index in [0.29, 0.717) is 10.4 Å². The van der Waals surface area contributed by atoms with Crippen molar-refractivity contribution in [2.45, 2.75) is 0 Å². The first-order chi connectivity index (χ1) is 11.8. The summed E-state index contributed by atoms with van der Waals surface area (Å²) in [6.07, 6.45) is 0. The van der Waals surface area contributed by atoms with Crippen LogP contribution in [0, 0.1) is 0 Å². The summed E-state index contributed by atoms with van der Waals surface area (Å²) in [5.74, 6) is -0.0719. The number of hydrogen-bond acceptors (Lipinski definition) is 3. The minimum absolute atomic E-state index is 0.0719. The Kier molecular flexibility index (Phi) is 13.9. The van der Waals surface area contributed by atoms with Crippen molar-refractivity contribution >= 4 is 89.2 Å². The number of carbonyl (C=O) groups is 2. The molecule has 0 saturated carbocycles. The van der Waals surface area contributed by atoms with Gasteiger partial charge in [0.25, 0.3) is 0 Å². The van der Waals surface area contributed by atoms with E-state index in [-0.39, 0.29) is 16.5 Å². The molecule has 2 aromatic carbocycles. The third kappa shape index (κ3) is 14.1. The maximum atomic E-state index is 10.9. The fourth-order valence-electron chi connectivity index (χ4n) is 1.19. The molecule has 0 bridgehead atoms. The van der Waals surface area contributed by atoms with Gasteiger partial charge >= 0.3 is 0 Å². The minimum Gasteiger partial charge on any atom is -0.399 e. The molecule has 0 aliphatic carbocycles. The number of nitrogens with one attached hydrogen (secondary N) is 1. The van der Waals surface area contributed by atoms with Crippen LogP contribution in [-0.4, -0.2) is 21.8 Å². The molecule has 0 radical (unpaired) electrons. The van der Waals surface area contributed by atoms with E-state index in [1.807, 2.05) is 0 Å². The van der Waals surface area contributed by atoms with Crippen molar-refractivity contribution in [3.05, 3.63) is 58.6 Å². The average molecular weight is 533 g/mol. The summed E-state index contributed by atoms with van der Waals surface area (Å²) in [6, 6.07) is 14.0. The lowest BCUT2D eigenvalue weighted by Gasteiger charge is -2.01. The number of nitrogens with two attached hydrogens (primary N) is 1. The van der Waals surface area contributed by atoms with Crippen molar-refractivity contribution in [3.63, 3.8) is 0 Å². The molecule has 0 aliphatic heterocycles. The second-order valence-electron chi connectivity index (χ2n) is 4.23. The number of amides is 1. The van der Waals surface area contributed by atoms with E-state index >= 15 is 0 Å². The summed E-state index contributed by atoms with van der Waals surface area (Å²) < 4.78 is 0. The van der Waals surface area contributed by atoms with Gasteiger partial charge in [-0.3, -0.25) is 9.59 Å². The van der Waals surface area contributed by atoms with Crippen molar-refractivity contribution in [3.8, 4) is 0 Å². The number of rotatable bonds is 3. The van der Waals surface area contributed by atoms with Crippen LogP contribution in [0.4, 0.5) is 11.4 Å². The van der Waals surface area contributed by atoms with Gasteiger partial charge in [-0.15, -0.1) is 0 Å². The van der Waals surface area contributed by atoms with Gasteiger partial charge in [0.2, 0.25) is 11.1 Å². The van der Waals surface area contributed by atoms with Crippen LogP contribution in [0.3, 0.4) is 0 Å². The Balaban J connectivity index is 0.000000382. The summed E-state index contributed by atoms with van der Waals surface area (Å²) in [5.41, 5.74) is 6.87. The van der Waals surface area contributed by atoms with Crippen molar-refractivity contribution in [1.29, 1.82) is 0 Å². The largest absolute Gasteiger partial charge is 0.399 e. The number of hydrogen-bond donors (Lipinski definition) is 2. The first-order valence-corrected chi connectivity index (χ1v) is 10.0. The molecule has 0 aromatic heterocycles. The fraction of sp³-hybridized carbons (Fsp3) is 0.125. The van der Waals surface area contributed by atoms with Gasteiger partial charge in [-0.2, -0.15) is 0 Å². The highest BCUT2D eigenvalue weighted by atomic mass is 79.9. The quantitative estimate of drug-likeness (QED) is 0.300. The lowest BCUT2D eigenvalue weighted by Crippen LogP contribution is -2.11. The van der Waals surface area contributed by atoms with Gasteiger partial charge in [-0.1, -0.05) is 55.1 Å². The highest BCUT2D eigenvalue weighted by Gasteiger charge is 1.98. The Morgan fingerprint density at radius 3 is 1.60 bits per heavy atom. The smallest absolute Gasteiger partial charge is 0.235 e. The third-order valence-electron chi connectivity index (χ3n) is 2.22. The third-order valence-corrected chi connectivity index (χ3v) is 4.20. The van der Waals surface area contributed by atoms with Crippen LogP contribution in [0.25, 0.3) is 0 Å². The number of alkyl halides is 2. The van der Waals surface area contributed by atoms with E-state index in [9.17, 15) is 9.59 Å². The van der Waals surface area contributed by atoms with Crippen LogP contribution in [0.1, 0.15) is 0 Å². The summed E-state index contributed by atoms with van der Waals surface area (Å²) in [5, 5.41) is 4.24. The lowest BCUT2D eigenvalue weighted by atomic mass is 10.3. The molecule has 1 amide bonds. The standard InChI is InChI=1S/C8H7BrClNO.C6H6ClN.C2H2BrClO/c9-5-8(12)11-7-3-1-6(10)2-4-7;7-5-1-3-6(8)4-2-5;3-1-2(4)5/h1-4H,5H2,(H,11,12);1-4H,8H2;1H2. The van der Waals surface area contributed by atoms with Crippen LogP contribution in [0.5, 0.6) is 0 Å². The fourth-order valence-corrected chi connectivity index (χ4v) is 1.58. The van der Waals surface area contributed by atoms with Gasteiger partial charge in [0.05, 0.1) is 10.7 Å². The van der Waals surface area contributed by atoms with E-state index in [1.54, 1.807) is 48.5 Å². The maximum Gasteiger partial charge on any atom is 0.235 e. The first-order valence-electron chi connectivity index (χ1n) is 6.65. The average Bonchev–Trinajstić information content (AvgIpc) is 2.60. The molecule has 0 atom stereocenters. The van der Waals surface area contributed by atoms with E-state index in [0.717, 1.165) is 16.4 Å². The molecule has 3 N–H and O–H groups in total. The monoisotopic (exact) mass is 530 g/mol. The molecule has 9 heteroatoms. The van der Waals surface area contributed by atoms with Crippen molar-refractivity contribution in [1.82, 2.24) is 0 Å². The van der Waals surface area contributed by atoms with E-state index in [1.165, 1.54) is 0 Å². The highest BCUT2D eigenvalue weighted by Crippen LogP contribution is 2.13. The zero-order chi connectivity index (χ0) is 19.2. The van der Waals surface area contributed by atoms with Gasteiger partial charge in [0, 0.05) is 21.4 Å². The second kappa shape index (κ2) is 14.4. The number of nitrogen functional groups attached to an aromatic ring is 1. The summed E-state index contributed by atoms with van der Waals surface area (Å²) in [6.45, 7) is 0. The highest BCUT2D eigenvalue weighted by molar-refractivity contribution is 9.09. The van der Waals surface area contributed by atoms with E-state index in [2.05, 4.69) is 37.2 Å². The SMILES string of the molecule is Nc1ccc(Cl)cc1.O=C(CBr)Nc1ccc(Cl)cc1.O=C(Cl)CBr. The minimum atomic E-state index is -0.356. The van der Waals surface area contributed by atoms with Crippen LogP contribution in [0.15, 0.2) is 48.5 Å². The molecule has 0 heterocycles. The van der Waals surface area contributed by atoms with E-state index < -0.39 is 0 Å². The number of anilines is 2. The molecule has 0 spiro atoms. The van der Waals surface area contributed by atoms with Crippen LogP contribution in [0.2, 0.25) is 10.0 Å². The Bertz CT molecular complexity index is 632. The molecule has 136 valence electrons. The first kappa shape index (κ1) is 24.2. The van der Waals surface area contributed by atoms with Gasteiger partial charge in [-0.05, 0) is 60.1 Å². The predicted molar refractivity (Wildman–Crippen MR) is 114 cm³/mol. The molecule has 25 heavy (non-hydrogen) atoms. The van der Waals surface area contributed by atoms with Gasteiger partial charge in [0.15, 0.2) is 0 Å². The van der Waals surface area contributed by atoms with Crippen LogP contribution < -0.4 is 11.1 Å². The molecule has 0 unspecified atom stereocenters. The zero-order valence-corrected chi connectivity index (χ0v) is 18.3. The molecule has 2 rings (SSSR count). The van der Waals surface area contributed by atoms with Crippen LogP contribution in [-0.2, 0) is 9.59 Å². The zero-order valence-electron chi connectivity index (χ0n) is 12.8. The van der Waals surface area contributed by atoms with Gasteiger partial charge in [-0.25, -0.2) is 0 Å². The van der Waals surface area contributed by atoms with Crippen molar-refractivity contribution in [2.24, 2.45) is 0 Å². The molecule has 2 aromatic rings. The molecule has 0 saturated heterocycles. The molecule has 0 fully saturated rings. The predicted octanol–water partition coefficient (Wildman–Crippen LogP) is 5.74. The number of halogens is 5. The number of carbonyl (C=O) groups excluding carboxylic acids is 2. The Morgan fingerprint density at radius 2 is 1.28 bits per heavy atom. The van der Waals surface area contributed by atoms with Gasteiger partial charge in [0.1, 0.15) is 0 Å². The molecule has 0 aliphatic rings. The summed E-state index contributed by atoms with van der Waals surface area (Å²) >= 11 is 21.9. The van der Waals surface area contributed by atoms with Crippen molar-refractivity contribution in [2.75, 3.05) is 21.7 Å². The second-order valence-corrected chi connectivity index (χ2v) is 6.64. The van der Waals surface area contributed by atoms with Crippen molar-refractivity contribution < 1.29 is 9.59 Å². The maximum absolute atomic E-state index is 10.9. The van der Waals surface area contributed by atoms with Gasteiger partial charge < -0.3 is 11.1 Å². The van der Waals surface area contributed by atoms with E-state index in [4.69, 9.17) is 40.5 Å². The Morgan fingerprint density at radius 1 is 0.880 bits per heavy atom. The molecule has 4 nitrogen and oxygen atoms in total. The summed E-state index contributed by atoms with van der Waals surface area (Å²) in [4.78, 5) is 20.4. The van der Waals surface area contributed by atoms with Crippen LogP contribution >= 0.6 is 66.7 Å². The molecular formula is C16H15Br2Cl3N2O2. The topological polar surface area (TPSA) is 72.2 Å². The Labute approximate surface area is 178 Å².